The maximum absolute atomic E-state index is 2.46. The van der Waals surface area contributed by atoms with E-state index < -0.39 is 0 Å². The Kier molecular flexibility index (Phi) is 2.85. The van der Waals surface area contributed by atoms with Gasteiger partial charge in [-0.05, 0) is 36.5 Å². The van der Waals surface area contributed by atoms with Crippen LogP contribution in [-0.4, -0.2) is 0 Å². The van der Waals surface area contributed by atoms with Gasteiger partial charge in [-0.3, -0.25) is 0 Å². The molecule has 0 saturated heterocycles. The quantitative estimate of drug-likeness (QED) is 0.584. The summed E-state index contributed by atoms with van der Waals surface area (Å²) in [6, 6.07) is 0. The van der Waals surface area contributed by atoms with Crippen LogP contribution in [-0.2, 0) is 0 Å². The van der Waals surface area contributed by atoms with Gasteiger partial charge in [0.15, 0.2) is 0 Å². The zero-order chi connectivity index (χ0) is 9.24. The molecule has 0 unspecified atom stereocenters. The van der Waals surface area contributed by atoms with Crippen molar-refractivity contribution in [3.05, 3.63) is 0 Å². The first kappa shape index (κ1) is 10.1. The third-order valence-corrected chi connectivity index (χ3v) is 4.12. The van der Waals surface area contributed by atoms with E-state index in [0.29, 0.717) is 5.41 Å². The van der Waals surface area contributed by atoms with Crippen molar-refractivity contribution < 1.29 is 0 Å². The summed E-state index contributed by atoms with van der Waals surface area (Å²) in [6.45, 7) is 9.57. The second-order valence-electron chi connectivity index (χ2n) is 5.16. The summed E-state index contributed by atoms with van der Waals surface area (Å²) in [4.78, 5) is 0. The van der Waals surface area contributed by atoms with Crippen molar-refractivity contribution in [1.29, 1.82) is 0 Å². The first-order valence-corrected chi connectivity index (χ1v) is 5.58. The molecule has 0 nitrogen and oxygen atoms in total. The minimum Gasteiger partial charge on any atom is -0.0654 e. The molecule has 0 atom stereocenters. The summed E-state index contributed by atoms with van der Waals surface area (Å²) in [6.07, 6.45) is 8.57. The molecule has 1 rings (SSSR count). The minimum absolute atomic E-state index is 0.638. The van der Waals surface area contributed by atoms with Crippen molar-refractivity contribution in [2.75, 3.05) is 0 Å². The molecule has 1 aliphatic carbocycles. The summed E-state index contributed by atoms with van der Waals surface area (Å²) in [5.41, 5.74) is 1.36. The Morgan fingerprint density at radius 1 is 0.917 bits per heavy atom. The van der Waals surface area contributed by atoms with Crippen molar-refractivity contribution in [1.82, 2.24) is 0 Å². The monoisotopic (exact) mass is 168 g/mol. The van der Waals surface area contributed by atoms with Crippen LogP contribution in [0.2, 0.25) is 0 Å². The van der Waals surface area contributed by atoms with E-state index in [4.69, 9.17) is 0 Å². The summed E-state index contributed by atoms with van der Waals surface area (Å²) < 4.78 is 0. The highest BCUT2D eigenvalue weighted by atomic mass is 14.6. The molecule has 0 spiro atoms. The molecule has 12 heavy (non-hydrogen) atoms. The Labute approximate surface area is 77.7 Å². The van der Waals surface area contributed by atoms with Gasteiger partial charge in [-0.15, -0.1) is 0 Å². The van der Waals surface area contributed by atoms with E-state index in [1.165, 1.54) is 38.5 Å². The molecule has 1 saturated carbocycles. The Bertz CT molecular complexity index is 138. The van der Waals surface area contributed by atoms with E-state index in [-0.39, 0.29) is 0 Å². The van der Waals surface area contributed by atoms with Gasteiger partial charge < -0.3 is 0 Å². The first-order chi connectivity index (χ1) is 5.58. The Hall–Kier alpha value is 0. The molecule has 0 aromatic rings. The minimum atomic E-state index is 0.638. The van der Waals surface area contributed by atoms with E-state index in [9.17, 15) is 0 Å². The van der Waals surface area contributed by atoms with Crippen LogP contribution in [0, 0.1) is 10.8 Å². The fourth-order valence-corrected chi connectivity index (χ4v) is 2.99. The standard InChI is InChI=1S/C12H24/c1-5-7-12(8-6-2)10-9-11(12,3)4/h5-10H2,1-4H3. The maximum atomic E-state index is 2.46. The van der Waals surface area contributed by atoms with Gasteiger partial charge in [0.05, 0.1) is 0 Å². The Morgan fingerprint density at radius 3 is 1.58 bits per heavy atom. The van der Waals surface area contributed by atoms with Gasteiger partial charge in [-0.1, -0.05) is 40.5 Å². The summed E-state index contributed by atoms with van der Waals surface area (Å²) in [5, 5.41) is 0. The van der Waals surface area contributed by atoms with E-state index in [0.717, 1.165) is 5.41 Å². The molecule has 1 aliphatic rings. The van der Waals surface area contributed by atoms with Gasteiger partial charge in [0.1, 0.15) is 0 Å². The topological polar surface area (TPSA) is 0 Å². The SMILES string of the molecule is CCCC1(CCC)CCC1(C)C. The average Bonchev–Trinajstić information content (AvgIpc) is 2.02. The second-order valence-corrected chi connectivity index (χ2v) is 5.16. The van der Waals surface area contributed by atoms with E-state index in [1.54, 1.807) is 0 Å². The molecule has 0 amide bonds. The lowest BCUT2D eigenvalue weighted by atomic mass is 9.48. The number of hydrogen-bond donors (Lipinski definition) is 0. The van der Waals surface area contributed by atoms with Gasteiger partial charge in [0, 0.05) is 0 Å². The number of rotatable bonds is 4. The highest BCUT2D eigenvalue weighted by Crippen LogP contribution is 2.61. The van der Waals surface area contributed by atoms with Crippen LogP contribution in [0.5, 0.6) is 0 Å². The summed E-state index contributed by atoms with van der Waals surface area (Å²) >= 11 is 0. The van der Waals surface area contributed by atoms with Gasteiger partial charge in [0.25, 0.3) is 0 Å². The molecular weight excluding hydrogens is 144 g/mol. The highest BCUT2D eigenvalue weighted by molar-refractivity contribution is 5.01. The van der Waals surface area contributed by atoms with Crippen LogP contribution in [0.1, 0.15) is 66.2 Å². The van der Waals surface area contributed by atoms with Crippen LogP contribution < -0.4 is 0 Å². The van der Waals surface area contributed by atoms with Crippen molar-refractivity contribution in [3.8, 4) is 0 Å². The molecule has 0 heterocycles. The fourth-order valence-electron chi connectivity index (χ4n) is 2.99. The second kappa shape index (κ2) is 3.40. The lowest BCUT2D eigenvalue weighted by Crippen LogP contribution is -2.47. The first-order valence-electron chi connectivity index (χ1n) is 5.58. The zero-order valence-electron chi connectivity index (χ0n) is 9.24. The third-order valence-electron chi connectivity index (χ3n) is 4.12. The van der Waals surface area contributed by atoms with Crippen LogP contribution in [0.3, 0.4) is 0 Å². The lowest BCUT2D eigenvalue weighted by molar-refractivity contribution is -0.0669. The summed E-state index contributed by atoms with van der Waals surface area (Å²) in [7, 11) is 0. The molecule has 0 N–H and O–H groups in total. The van der Waals surface area contributed by atoms with Crippen LogP contribution in [0.4, 0.5) is 0 Å². The van der Waals surface area contributed by atoms with Gasteiger partial charge in [-0.25, -0.2) is 0 Å². The largest absolute Gasteiger partial charge is 0.0654 e. The van der Waals surface area contributed by atoms with Gasteiger partial charge in [-0.2, -0.15) is 0 Å². The predicted molar refractivity (Wildman–Crippen MR) is 55.3 cm³/mol. The molecule has 0 aromatic heterocycles. The molecule has 0 heteroatoms. The lowest BCUT2D eigenvalue weighted by Gasteiger charge is -2.57. The normalized spacial score (nSPS) is 25.0. The van der Waals surface area contributed by atoms with Crippen molar-refractivity contribution in [2.24, 2.45) is 10.8 Å². The molecule has 72 valence electrons. The Morgan fingerprint density at radius 2 is 1.42 bits per heavy atom. The highest BCUT2D eigenvalue weighted by Gasteiger charge is 2.50. The van der Waals surface area contributed by atoms with Crippen LogP contribution >= 0.6 is 0 Å². The fraction of sp³-hybridized carbons (Fsp3) is 1.00. The van der Waals surface area contributed by atoms with Crippen molar-refractivity contribution in [3.63, 3.8) is 0 Å². The van der Waals surface area contributed by atoms with Crippen LogP contribution in [0.25, 0.3) is 0 Å². The smallest absolute Gasteiger partial charge is 0.0246 e. The maximum Gasteiger partial charge on any atom is -0.0246 e. The number of hydrogen-bond acceptors (Lipinski definition) is 0. The molecule has 0 aromatic carbocycles. The van der Waals surface area contributed by atoms with Crippen LogP contribution in [0.15, 0.2) is 0 Å². The third kappa shape index (κ3) is 1.41. The van der Waals surface area contributed by atoms with Gasteiger partial charge >= 0.3 is 0 Å². The average molecular weight is 168 g/mol. The van der Waals surface area contributed by atoms with E-state index >= 15 is 0 Å². The van der Waals surface area contributed by atoms with Crippen molar-refractivity contribution in [2.45, 2.75) is 66.2 Å². The Balaban J connectivity index is 2.60. The molecule has 0 aliphatic heterocycles. The molecule has 1 fully saturated rings. The van der Waals surface area contributed by atoms with E-state index in [1.807, 2.05) is 0 Å². The van der Waals surface area contributed by atoms with E-state index in [2.05, 4.69) is 27.7 Å². The molecule has 0 radical (unpaired) electrons. The summed E-state index contributed by atoms with van der Waals surface area (Å²) in [5.74, 6) is 0. The zero-order valence-corrected chi connectivity index (χ0v) is 9.24. The van der Waals surface area contributed by atoms with Crippen molar-refractivity contribution >= 4 is 0 Å². The molecular formula is C12H24. The molecule has 0 bridgehead atoms. The predicted octanol–water partition coefficient (Wildman–Crippen LogP) is 4.39. The van der Waals surface area contributed by atoms with Gasteiger partial charge in [0.2, 0.25) is 0 Å².